The molecule has 224 valence electrons. The molecule has 0 unspecified atom stereocenters. The predicted octanol–water partition coefficient (Wildman–Crippen LogP) is 11.2. The number of rotatable bonds is 4. The molecule has 0 radical (unpaired) electrons. The summed E-state index contributed by atoms with van der Waals surface area (Å²) < 4.78 is 4.65. The molecule has 0 spiro atoms. The molecule has 10 aromatic rings. The summed E-state index contributed by atoms with van der Waals surface area (Å²) in [6, 6.07) is 54.7. The van der Waals surface area contributed by atoms with Crippen LogP contribution in [0.25, 0.3) is 88.0 Å². The van der Waals surface area contributed by atoms with E-state index in [0.717, 1.165) is 22.5 Å². The van der Waals surface area contributed by atoms with Gasteiger partial charge in [-0.1, -0.05) is 115 Å². The number of fused-ring (bicyclic) bond motifs is 7. The molecule has 4 nitrogen and oxygen atoms in total. The number of benzene rings is 7. The Morgan fingerprint density at radius 1 is 0.438 bits per heavy atom. The second kappa shape index (κ2) is 10.5. The third-order valence-corrected chi connectivity index (χ3v) is 9.68. The van der Waals surface area contributed by atoms with Crippen LogP contribution in [0.15, 0.2) is 170 Å². The predicted molar refractivity (Wildman–Crippen MR) is 199 cm³/mol. The topological polar surface area (TPSA) is 35.6 Å². The SMILES string of the molecule is c1ccc(-c2ncncc2-n2ccc3cc(-c4ccc5c(c4)c4ccc6ccccc6c4n5-c4cccc5ccccc45)ccc32)cc1. The molecule has 0 atom stereocenters. The minimum atomic E-state index is 0.910. The largest absolute Gasteiger partial charge is 0.313 e. The van der Waals surface area contributed by atoms with Crippen molar-refractivity contribution in [1.29, 1.82) is 0 Å². The highest BCUT2D eigenvalue weighted by atomic mass is 15.0. The molecule has 0 aliphatic rings. The molecule has 7 aromatic carbocycles. The van der Waals surface area contributed by atoms with E-state index in [2.05, 4.69) is 159 Å². The maximum atomic E-state index is 4.66. The molecule has 0 bridgehead atoms. The molecular weight excluding hydrogens is 585 g/mol. The van der Waals surface area contributed by atoms with Crippen LogP contribution in [0.3, 0.4) is 0 Å². The third-order valence-electron chi connectivity index (χ3n) is 9.68. The van der Waals surface area contributed by atoms with Crippen molar-refractivity contribution in [3.8, 4) is 33.8 Å². The number of nitrogens with zero attached hydrogens (tertiary/aromatic N) is 4. The maximum Gasteiger partial charge on any atom is 0.116 e. The van der Waals surface area contributed by atoms with Gasteiger partial charge in [-0.15, -0.1) is 0 Å². The van der Waals surface area contributed by atoms with Crippen molar-refractivity contribution in [2.24, 2.45) is 0 Å². The minimum Gasteiger partial charge on any atom is -0.313 e. The second-order valence-electron chi connectivity index (χ2n) is 12.3. The van der Waals surface area contributed by atoms with Crippen LogP contribution in [0.1, 0.15) is 0 Å². The third kappa shape index (κ3) is 4.03. The molecule has 0 amide bonds. The molecule has 0 aliphatic carbocycles. The first-order chi connectivity index (χ1) is 23.8. The first kappa shape index (κ1) is 26.7. The highest BCUT2D eigenvalue weighted by Gasteiger charge is 2.18. The first-order valence-electron chi connectivity index (χ1n) is 16.2. The van der Waals surface area contributed by atoms with Gasteiger partial charge >= 0.3 is 0 Å². The minimum absolute atomic E-state index is 0.910. The van der Waals surface area contributed by atoms with Crippen LogP contribution in [-0.4, -0.2) is 19.1 Å². The van der Waals surface area contributed by atoms with Gasteiger partial charge in [0.15, 0.2) is 0 Å². The van der Waals surface area contributed by atoms with Gasteiger partial charge in [-0.2, -0.15) is 0 Å². The Morgan fingerprint density at radius 2 is 1.17 bits per heavy atom. The summed E-state index contributed by atoms with van der Waals surface area (Å²) >= 11 is 0. The van der Waals surface area contributed by atoms with E-state index in [1.807, 2.05) is 24.4 Å². The summed E-state index contributed by atoms with van der Waals surface area (Å²) in [4.78, 5) is 9.03. The number of hydrogen-bond donors (Lipinski definition) is 0. The van der Waals surface area contributed by atoms with Crippen LogP contribution in [-0.2, 0) is 0 Å². The molecule has 0 saturated carbocycles. The van der Waals surface area contributed by atoms with Crippen molar-refractivity contribution in [3.63, 3.8) is 0 Å². The standard InChI is InChI=1S/C44H28N4/c1-2-11-31(12-3-1)43-42(27-45-28-46-43)47-24-23-34-25-32(18-21-39(34)47)33-19-22-41-38(26-33)37-20-17-30-10-5-7-15-36(30)44(37)48(41)40-16-8-13-29-9-4-6-14-35(29)40/h1-28H. The zero-order valence-electron chi connectivity index (χ0n) is 26.0. The zero-order chi connectivity index (χ0) is 31.6. The van der Waals surface area contributed by atoms with Gasteiger partial charge in [0, 0.05) is 38.7 Å². The van der Waals surface area contributed by atoms with E-state index in [1.54, 1.807) is 6.33 Å². The molecule has 0 aliphatic heterocycles. The van der Waals surface area contributed by atoms with Crippen molar-refractivity contribution >= 4 is 54.3 Å². The lowest BCUT2D eigenvalue weighted by Crippen LogP contribution is -1.98. The summed E-state index contributed by atoms with van der Waals surface area (Å²) in [5.74, 6) is 0. The van der Waals surface area contributed by atoms with Gasteiger partial charge in [0.25, 0.3) is 0 Å². The summed E-state index contributed by atoms with van der Waals surface area (Å²) in [5, 5.41) is 8.63. The Bertz CT molecular complexity index is 2840. The van der Waals surface area contributed by atoms with E-state index in [4.69, 9.17) is 0 Å². The maximum absolute atomic E-state index is 4.66. The van der Waals surface area contributed by atoms with Crippen molar-refractivity contribution < 1.29 is 0 Å². The van der Waals surface area contributed by atoms with Crippen molar-refractivity contribution in [3.05, 3.63) is 170 Å². The summed E-state index contributed by atoms with van der Waals surface area (Å²) in [6.07, 6.45) is 5.63. The Labute approximate surface area is 276 Å². The van der Waals surface area contributed by atoms with E-state index in [0.29, 0.717) is 0 Å². The van der Waals surface area contributed by atoms with Gasteiger partial charge in [0.1, 0.15) is 6.33 Å². The van der Waals surface area contributed by atoms with Crippen LogP contribution in [0.5, 0.6) is 0 Å². The smallest absolute Gasteiger partial charge is 0.116 e. The number of aromatic nitrogens is 4. The fraction of sp³-hybridized carbons (Fsp3) is 0. The highest BCUT2D eigenvalue weighted by molar-refractivity contribution is 6.20. The van der Waals surface area contributed by atoms with E-state index in [-0.39, 0.29) is 0 Å². The van der Waals surface area contributed by atoms with Crippen LogP contribution in [0.4, 0.5) is 0 Å². The Hall–Kier alpha value is -6.52. The quantitative estimate of drug-likeness (QED) is 0.198. The summed E-state index contributed by atoms with van der Waals surface area (Å²) in [5.41, 5.74) is 10.1. The second-order valence-corrected chi connectivity index (χ2v) is 12.3. The van der Waals surface area contributed by atoms with Gasteiger partial charge in [0.05, 0.1) is 39.8 Å². The Morgan fingerprint density at radius 3 is 2.04 bits per heavy atom. The lowest BCUT2D eigenvalue weighted by Gasteiger charge is -2.13. The molecule has 3 aromatic heterocycles. The summed E-state index contributed by atoms with van der Waals surface area (Å²) in [7, 11) is 0. The van der Waals surface area contributed by atoms with Gasteiger partial charge < -0.3 is 9.13 Å². The monoisotopic (exact) mass is 612 g/mol. The van der Waals surface area contributed by atoms with Crippen molar-refractivity contribution in [2.45, 2.75) is 0 Å². The fourth-order valence-electron chi connectivity index (χ4n) is 7.46. The van der Waals surface area contributed by atoms with Crippen molar-refractivity contribution in [1.82, 2.24) is 19.1 Å². The molecule has 10 rings (SSSR count). The van der Waals surface area contributed by atoms with Gasteiger partial charge in [-0.25, -0.2) is 9.97 Å². The first-order valence-corrected chi connectivity index (χ1v) is 16.2. The summed E-state index contributed by atoms with van der Waals surface area (Å²) in [6.45, 7) is 0. The lowest BCUT2D eigenvalue weighted by molar-refractivity contribution is 1.05. The molecule has 48 heavy (non-hydrogen) atoms. The molecule has 0 N–H and O–H groups in total. The van der Waals surface area contributed by atoms with Gasteiger partial charge in [-0.3, -0.25) is 0 Å². The van der Waals surface area contributed by atoms with E-state index < -0.39 is 0 Å². The molecule has 0 saturated heterocycles. The molecule has 4 heteroatoms. The van der Waals surface area contributed by atoms with E-state index in [9.17, 15) is 0 Å². The normalized spacial score (nSPS) is 11.8. The Balaban J connectivity index is 1.16. The zero-order valence-corrected chi connectivity index (χ0v) is 26.0. The van der Waals surface area contributed by atoms with Crippen LogP contribution >= 0.6 is 0 Å². The Kier molecular flexibility index (Phi) is 5.84. The van der Waals surface area contributed by atoms with E-state index >= 15 is 0 Å². The number of hydrogen-bond acceptors (Lipinski definition) is 2. The molecule has 3 heterocycles. The van der Waals surface area contributed by atoms with Gasteiger partial charge in [0.2, 0.25) is 0 Å². The van der Waals surface area contributed by atoms with Crippen LogP contribution < -0.4 is 0 Å². The highest BCUT2D eigenvalue weighted by Crippen LogP contribution is 2.40. The average molecular weight is 613 g/mol. The molecular formula is C44H28N4. The van der Waals surface area contributed by atoms with Crippen LogP contribution in [0, 0.1) is 0 Å². The van der Waals surface area contributed by atoms with Crippen molar-refractivity contribution in [2.75, 3.05) is 0 Å². The fourth-order valence-corrected chi connectivity index (χ4v) is 7.46. The molecule has 0 fully saturated rings. The average Bonchev–Trinajstić information content (AvgIpc) is 3.73. The van der Waals surface area contributed by atoms with Crippen LogP contribution in [0.2, 0.25) is 0 Å². The lowest BCUT2D eigenvalue weighted by atomic mass is 10.0. The van der Waals surface area contributed by atoms with E-state index in [1.165, 1.54) is 65.6 Å². The van der Waals surface area contributed by atoms with Gasteiger partial charge in [-0.05, 0) is 58.3 Å².